The van der Waals surface area contributed by atoms with Crippen molar-refractivity contribution < 1.29 is 9.90 Å². The molecule has 0 saturated heterocycles. The summed E-state index contributed by atoms with van der Waals surface area (Å²) >= 11 is 0. The highest BCUT2D eigenvalue weighted by Gasteiger charge is 2.35. The number of fused-ring (bicyclic) bond motifs is 1. The van der Waals surface area contributed by atoms with E-state index in [9.17, 15) is 4.79 Å². The zero-order valence-corrected chi connectivity index (χ0v) is 7.40. The van der Waals surface area contributed by atoms with Crippen LogP contribution in [0, 0.1) is 5.92 Å². The number of pyridine rings is 1. The average molecular weight is 177 g/mol. The van der Waals surface area contributed by atoms with E-state index in [-0.39, 0.29) is 11.8 Å². The van der Waals surface area contributed by atoms with E-state index in [2.05, 4.69) is 4.98 Å². The molecule has 13 heavy (non-hydrogen) atoms. The molecule has 1 aromatic rings. The Bertz CT molecular complexity index is 349. The van der Waals surface area contributed by atoms with Crippen molar-refractivity contribution >= 4 is 5.97 Å². The van der Waals surface area contributed by atoms with Crippen LogP contribution in [0.2, 0.25) is 0 Å². The van der Waals surface area contributed by atoms with Gasteiger partial charge in [-0.3, -0.25) is 9.78 Å². The lowest BCUT2D eigenvalue weighted by Gasteiger charge is -2.09. The minimum Gasteiger partial charge on any atom is -0.481 e. The number of aromatic nitrogens is 1. The average Bonchev–Trinajstić information content (AvgIpc) is 2.39. The van der Waals surface area contributed by atoms with E-state index in [1.54, 1.807) is 12.3 Å². The molecule has 0 saturated carbocycles. The summed E-state index contributed by atoms with van der Waals surface area (Å²) in [6.45, 7) is 1.96. The smallest absolute Gasteiger partial charge is 0.311 e. The van der Waals surface area contributed by atoms with Gasteiger partial charge in [-0.1, -0.05) is 13.0 Å². The Morgan fingerprint density at radius 2 is 2.46 bits per heavy atom. The third kappa shape index (κ3) is 1.20. The van der Waals surface area contributed by atoms with Gasteiger partial charge >= 0.3 is 5.97 Å². The first-order chi connectivity index (χ1) is 6.20. The van der Waals surface area contributed by atoms with Crippen LogP contribution in [0.4, 0.5) is 0 Å². The van der Waals surface area contributed by atoms with E-state index < -0.39 is 5.97 Å². The fourth-order valence-corrected chi connectivity index (χ4v) is 2.01. The van der Waals surface area contributed by atoms with Crippen molar-refractivity contribution in [3.63, 3.8) is 0 Å². The predicted molar refractivity (Wildman–Crippen MR) is 47.5 cm³/mol. The van der Waals surface area contributed by atoms with E-state index in [0.29, 0.717) is 0 Å². The number of carboxylic acid groups (broad SMARTS) is 1. The number of aliphatic carboxylic acids is 1. The van der Waals surface area contributed by atoms with Gasteiger partial charge in [0.15, 0.2) is 0 Å². The van der Waals surface area contributed by atoms with Gasteiger partial charge < -0.3 is 5.11 Å². The standard InChI is InChI=1S/C10H11NO2/c1-6-5-8-7(3-2-4-11-8)9(6)10(12)13/h2-4,6,9H,5H2,1H3,(H,12,13). The van der Waals surface area contributed by atoms with Gasteiger partial charge in [0.2, 0.25) is 0 Å². The maximum atomic E-state index is 10.9. The zero-order chi connectivity index (χ0) is 9.42. The number of hydrogen-bond acceptors (Lipinski definition) is 2. The number of carbonyl (C=O) groups is 1. The van der Waals surface area contributed by atoms with Crippen LogP contribution in [0.25, 0.3) is 0 Å². The summed E-state index contributed by atoms with van der Waals surface area (Å²) in [5.41, 5.74) is 1.84. The molecule has 2 rings (SSSR count). The SMILES string of the molecule is CC1Cc2ncccc2C1C(=O)O. The lowest BCUT2D eigenvalue weighted by molar-refractivity contribution is -0.139. The van der Waals surface area contributed by atoms with Gasteiger partial charge in [0.05, 0.1) is 5.92 Å². The Hall–Kier alpha value is -1.38. The Morgan fingerprint density at radius 3 is 3.15 bits per heavy atom. The van der Waals surface area contributed by atoms with E-state index in [1.165, 1.54) is 0 Å². The molecule has 1 heterocycles. The first-order valence-corrected chi connectivity index (χ1v) is 4.36. The van der Waals surface area contributed by atoms with Crippen molar-refractivity contribution in [3.8, 4) is 0 Å². The molecule has 0 spiro atoms. The van der Waals surface area contributed by atoms with Crippen LogP contribution in [-0.4, -0.2) is 16.1 Å². The molecule has 1 aliphatic rings. The molecular formula is C10H11NO2. The van der Waals surface area contributed by atoms with Crippen LogP contribution < -0.4 is 0 Å². The first-order valence-electron chi connectivity index (χ1n) is 4.36. The Kier molecular flexibility index (Phi) is 1.79. The minimum atomic E-state index is -0.737. The fraction of sp³-hybridized carbons (Fsp3) is 0.400. The van der Waals surface area contributed by atoms with Gasteiger partial charge in [0, 0.05) is 11.9 Å². The highest BCUT2D eigenvalue weighted by atomic mass is 16.4. The van der Waals surface area contributed by atoms with E-state index in [1.807, 2.05) is 13.0 Å². The van der Waals surface area contributed by atoms with Crippen LogP contribution in [0.15, 0.2) is 18.3 Å². The van der Waals surface area contributed by atoms with Gasteiger partial charge in [0.25, 0.3) is 0 Å². The fourth-order valence-electron chi connectivity index (χ4n) is 2.01. The summed E-state index contributed by atoms with van der Waals surface area (Å²) in [6.07, 6.45) is 2.50. The van der Waals surface area contributed by atoms with E-state index in [0.717, 1.165) is 17.7 Å². The molecule has 0 fully saturated rings. The molecule has 2 atom stereocenters. The van der Waals surface area contributed by atoms with Gasteiger partial charge in [-0.15, -0.1) is 0 Å². The largest absolute Gasteiger partial charge is 0.481 e. The number of hydrogen-bond donors (Lipinski definition) is 1. The Labute approximate surface area is 76.4 Å². The second-order valence-electron chi connectivity index (χ2n) is 3.54. The second-order valence-corrected chi connectivity index (χ2v) is 3.54. The molecule has 0 aliphatic heterocycles. The summed E-state index contributed by atoms with van der Waals surface area (Å²) < 4.78 is 0. The Balaban J connectivity index is 2.46. The Morgan fingerprint density at radius 1 is 1.69 bits per heavy atom. The van der Waals surface area contributed by atoms with Crippen molar-refractivity contribution in [2.45, 2.75) is 19.3 Å². The van der Waals surface area contributed by atoms with Crippen LogP contribution in [0.5, 0.6) is 0 Å². The molecule has 0 amide bonds. The topological polar surface area (TPSA) is 50.2 Å². The number of nitrogens with zero attached hydrogens (tertiary/aromatic N) is 1. The van der Waals surface area contributed by atoms with Gasteiger partial charge in [0.1, 0.15) is 0 Å². The van der Waals surface area contributed by atoms with E-state index >= 15 is 0 Å². The summed E-state index contributed by atoms with van der Waals surface area (Å²) in [5.74, 6) is -0.926. The van der Waals surface area contributed by atoms with Crippen molar-refractivity contribution in [2.24, 2.45) is 5.92 Å². The number of carboxylic acids is 1. The number of rotatable bonds is 1. The molecule has 0 aromatic carbocycles. The van der Waals surface area contributed by atoms with Crippen LogP contribution >= 0.6 is 0 Å². The van der Waals surface area contributed by atoms with E-state index in [4.69, 9.17) is 5.11 Å². The van der Waals surface area contributed by atoms with Crippen molar-refractivity contribution in [1.29, 1.82) is 0 Å². The predicted octanol–water partition coefficient (Wildman–Crippen LogP) is 1.44. The second kappa shape index (κ2) is 2.83. The summed E-state index contributed by atoms with van der Waals surface area (Å²) in [6, 6.07) is 3.66. The minimum absolute atomic E-state index is 0.169. The van der Waals surface area contributed by atoms with Crippen molar-refractivity contribution in [3.05, 3.63) is 29.6 Å². The first kappa shape index (κ1) is 8.23. The van der Waals surface area contributed by atoms with Gasteiger partial charge in [-0.25, -0.2) is 0 Å². The monoisotopic (exact) mass is 177 g/mol. The molecular weight excluding hydrogens is 166 g/mol. The van der Waals surface area contributed by atoms with Gasteiger partial charge in [-0.2, -0.15) is 0 Å². The lowest BCUT2D eigenvalue weighted by atomic mass is 9.95. The summed E-state index contributed by atoms with van der Waals surface area (Å²) in [5, 5.41) is 9.00. The maximum absolute atomic E-state index is 10.9. The summed E-state index contributed by atoms with van der Waals surface area (Å²) in [4.78, 5) is 15.1. The lowest BCUT2D eigenvalue weighted by Crippen LogP contribution is -2.14. The van der Waals surface area contributed by atoms with Crippen molar-refractivity contribution in [1.82, 2.24) is 4.98 Å². The molecule has 1 N–H and O–H groups in total. The molecule has 2 unspecified atom stereocenters. The molecule has 0 bridgehead atoms. The van der Waals surface area contributed by atoms with Gasteiger partial charge in [-0.05, 0) is 24.0 Å². The van der Waals surface area contributed by atoms with Crippen molar-refractivity contribution in [2.75, 3.05) is 0 Å². The molecule has 68 valence electrons. The molecule has 3 nitrogen and oxygen atoms in total. The summed E-state index contributed by atoms with van der Waals surface area (Å²) in [7, 11) is 0. The zero-order valence-electron chi connectivity index (χ0n) is 7.40. The molecule has 3 heteroatoms. The maximum Gasteiger partial charge on any atom is 0.311 e. The van der Waals surface area contributed by atoms with Crippen LogP contribution in [0.3, 0.4) is 0 Å². The highest BCUT2D eigenvalue weighted by Crippen LogP contribution is 2.36. The van der Waals surface area contributed by atoms with Crippen LogP contribution in [0.1, 0.15) is 24.1 Å². The van der Waals surface area contributed by atoms with Crippen LogP contribution in [-0.2, 0) is 11.2 Å². The third-order valence-electron chi connectivity index (χ3n) is 2.61. The molecule has 1 aromatic heterocycles. The molecule has 0 radical (unpaired) electrons. The third-order valence-corrected chi connectivity index (χ3v) is 2.61. The normalized spacial score (nSPS) is 25.6. The quantitative estimate of drug-likeness (QED) is 0.706. The highest BCUT2D eigenvalue weighted by molar-refractivity contribution is 5.78. The molecule has 1 aliphatic carbocycles.